The Kier molecular flexibility index (Phi) is 4.76. The van der Waals surface area contributed by atoms with E-state index in [1.165, 1.54) is 38.5 Å². The minimum absolute atomic E-state index is 0.0207. The number of benzene rings is 1. The number of rotatable bonds is 5. The first kappa shape index (κ1) is 17.6. The van der Waals surface area contributed by atoms with E-state index in [1.54, 1.807) is 0 Å². The first-order valence-electron chi connectivity index (χ1n) is 10.1. The summed E-state index contributed by atoms with van der Waals surface area (Å²) in [4.78, 5) is 24.6. The van der Waals surface area contributed by atoms with Gasteiger partial charge in [0.15, 0.2) is 0 Å². The van der Waals surface area contributed by atoms with Gasteiger partial charge in [0.25, 0.3) is 0 Å². The normalized spacial score (nSPS) is 32.9. The van der Waals surface area contributed by atoms with Crippen molar-refractivity contribution in [1.82, 2.24) is 10.9 Å². The zero-order valence-electron chi connectivity index (χ0n) is 15.7. The van der Waals surface area contributed by atoms with Crippen LogP contribution in [0, 0.1) is 23.2 Å². The van der Waals surface area contributed by atoms with Gasteiger partial charge in [-0.1, -0.05) is 37.3 Å². The van der Waals surface area contributed by atoms with Crippen molar-refractivity contribution in [2.75, 3.05) is 0 Å². The Morgan fingerprint density at radius 1 is 0.962 bits per heavy atom. The number of carbonyl (C=O) groups excluding carboxylic acids is 2. The molecule has 26 heavy (non-hydrogen) atoms. The molecule has 4 aliphatic carbocycles. The summed E-state index contributed by atoms with van der Waals surface area (Å²) >= 11 is 0. The third-order valence-corrected chi connectivity index (χ3v) is 6.90. The van der Waals surface area contributed by atoms with E-state index in [0.717, 1.165) is 23.3 Å². The van der Waals surface area contributed by atoms with Gasteiger partial charge in [0, 0.05) is 12.8 Å². The zero-order chi connectivity index (χ0) is 18.1. The molecule has 5 rings (SSSR count). The van der Waals surface area contributed by atoms with Crippen LogP contribution in [0.3, 0.4) is 0 Å². The van der Waals surface area contributed by atoms with E-state index in [1.807, 2.05) is 37.3 Å². The van der Waals surface area contributed by atoms with Gasteiger partial charge < -0.3 is 0 Å². The maximum absolute atomic E-state index is 12.5. The Balaban J connectivity index is 1.25. The summed E-state index contributed by atoms with van der Waals surface area (Å²) in [5.74, 6) is 2.52. The van der Waals surface area contributed by atoms with E-state index >= 15 is 0 Å². The molecule has 1 aromatic carbocycles. The van der Waals surface area contributed by atoms with E-state index in [9.17, 15) is 9.59 Å². The van der Waals surface area contributed by atoms with E-state index in [-0.39, 0.29) is 23.1 Å². The van der Waals surface area contributed by atoms with Crippen LogP contribution in [0.15, 0.2) is 30.3 Å². The summed E-state index contributed by atoms with van der Waals surface area (Å²) in [5.41, 5.74) is 6.65. The highest BCUT2D eigenvalue weighted by molar-refractivity contribution is 5.82. The Morgan fingerprint density at radius 3 is 2.08 bits per heavy atom. The van der Waals surface area contributed by atoms with Crippen molar-refractivity contribution < 1.29 is 9.59 Å². The fourth-order valence-electron chi connectivity index (χ4n) is 6.26. The highest BCUT2D eigenvalue weighted by Gasteiger charge is 2.51. The van der Waals surface area contributed by atoms with Gasteiger partial charge in [0.2, 0.25) is 11.8 Å². The second-order valence-corrected chi connectivity index (χ2v) is 9.21. The highest BCUT2D eigenvalue weighted by atomic mass is 16.2. The molecule has 1 aromatic rings. The zero-order valence-corrected chi connectivity index (χ0v) is 15.7. The molecule has 0 aliphatic heterocycles. The summed E-state index contributed by atoms with van der Waals surface area (Å²) in [6.45, 7) is 2.03. The Hall–Kier alpha value is -1.84. The molecule has 0 saturated heterocycles. The minimum atomic E-state index is -0.125. The third-order valence-electron chi connectivity index (χ3n) is 6.90. The molecule has 4 heteroatoms. The van der Waals surface area contributed by atoms with Crippen molar-refractivity contribution >= 4 is 11.8 Å². The largest absolute Gasteiger partial charge is 0.273 e. The first-order valence-corrected chi connectivity index (χ1v) is 10.1. The Bertz CT molecular complexity index is 635. The van der Waals surface area contributed by atoms with Gasteiger partial charge in [-0.25, -0.2) is 0 Å². The summed E-state index contributed by atoms with van der Waals surface area (Å²) < 4.78 is 0. The van der Waals surface area contributed by atoms with Crippen LogP contribution >= 0.6 is 0 Å². The van der Waals surface area contributed by atoms with Crippen molar-refractivity contribution in [3.05, 3.63) is 35.9 Å². The van der Waals surface area contributed by atoms with Gasteiger partial charge in [-0.15, -0.1) is 0 Å². The molecular weight excluding hydrogens is 324 g/mol. The highest BCUT2D eigenvalue weighted by Crippen LogP contribution is 2.61. The van der Waals surface area contributed by atoms with Gasteiger partial charge in [0.1, 0.15) is 0 Å². The number of carbonyl (C=O) groups is 2. The molecule has 2 N–H and O–H groups in total. The van der Waals surface area contributed by atoms with Crippen LogP contribution < -0.4 is 10.9 Å². The lowest BCUT2D eigenvalue weighted by atomic mass is 9.49. The minimum Gasteiger partial charge on any atom is -0.273 e. The molecule has 4 aliphatic rings. The van der Waals surface area contributed by atoms with E-state index < -0.39 is 0 Å². The standard InChI is InChI=1S/C22H30N2O2/c1-15(19-5-3-2-4-6-19)7-20(25)23-24-21(26)14-22-11-16-8-17(12-22)10-18(9-16)13-22/h2-6,15-18H,7-14H2,1H3,(H,23,25)(H,24,26). The van der Waals surface area contributed by atoms with Gasteiger partial charge in [-0.3, -0.25) is 20.4 Å². The van der Waals surface area contributed by atoms with Crippen molar-refractivity contribution in [1.29, 1.82) is 0 Å². The molecule has 0 heterocycles. The molecule has 0 aromatic heterocycles. The number of amides is 2. The SMILES string of the molecule is CC(CC(=O)NNC(=O)CC12CC3CC(CC(C3)C1)C2)c1ccccc1. The number of hydrogen-bond acceptors (Lipinski definition) is 2. The fourth-order valence-corrected chi connectivity index (χ4v) is 6.26. The molecule has 1 unspecified atom stereocenters. The molecule has 4 nitrogen and oxygen atoms in total. The number of hydrogen-bond donors (Lipinski definition) is 2. The van der Waals surface area contributed by atoms with Crippen LogP contribution in [0.1, 0.15) is 69.8 Å². The lowest BCUT2D eigenvalue weighted by Gasteiger charge is -2.56. The monoisotopic (exact) mass is 354 g/mol. The molecule has 4 saturated carbocycles. The predicted octanol–water partition coefficient (Wildman–Crippen LogP) is 3.93. The van der Waals surface area contributed by atoms with Crippen LogP contribution in [-0.4, -0.2) is 11.8 Å². The molecular formula is C22H30N2O2. The van der Waals surface area contributed by atoms with E-state index in [0.29, 0.717) is 12.8 Å². The summed E-state index contributed by atoms with van der Waals surface area (Å²) in [5, 5.41) is 0. The second kappa shape index (κ2) is 7.05. The van der Waals surface area contributed by atoms with Gasteiger partial charge >= 0.3 is 0 Å². The molecule has 4 fully saturated rings. The lowest BCUT2D eigenvalue weighted by molar-refractivity contribution is -0.134. The second-order valence-electron chi connectivity index (χ2n) is 9.21. The van der Waals surface area contributed by atoms with Crippen molar-refractivity contribution in [3.8, 4) is 0 Å². The van der Waals surface area contributed by atoms with Gasteiger partial charge in [0.05, 0.1) is 0 Å². The van der Waals surface area contributed by atoms with Crippen molar-refractivity contribution in [2.45, 2.75) is 64.2 Å². The van der Waals surface area contributed by atoms with Gasteiger partial charge in [-0.2, -0.15) is 0 Å². The third kappa shape index (κ3) is 3.79. The smallest absolute Gasteiger partial charge is 0.238 e. The van der Waals surface area contributed by atoms with Crippen molar-refractivity contribution in [3.63, 3.8) is 0 Å². The average Bonchev–Trinajstić information content (AvgIpc) is 2.59. The number of nitrogens with one attached hydrogen (secondary N) is 2. The van der Waals surface area contributed by atoms with Crippen LogP contribution in [0.5, 0.6) is 0 Å². The lowest BCUT2D eigenvalue weighted by Crippen LogP contribution is -2.50. The quantitative estimate of drug-likeness (QED) is 0.787. The molecule has 0 spiro atoms. The summed E-state index contributed by atoms with van der Waals surface area (Å²) in [6.07, 6.45) is 8.74. The maximum Gasteiger partial charge on any atom is 0.238 e. The topological polar surface area (TPSA) is 58.2 Å². The van der Waals surface area contributed by atoms with Crippen LogP contribution in [0.2, 0.25) is 0 Å². The van der Waals surface area contributed by atoms with Crippen LogP contribution in [0.25, 0.3) is 0 Å². The first-order chi connectivity index (χ1) is 12.5. The maximum atomic E-state index is 12.5. The molecule has 4 bridgehead atoms. The Morgan fingerprint density at radius 2 is 1.50 bits per heavy atom. The number of hydrazine groups is 1. The van der Waals surface area contributed by atoms with Crippen molar-refractivity contribution in [2.24, 2.45) is 23.2 Å². The molecule has 140 valence electrons. The molecule has 0 radical (unpaired) electrons. The molecule has 1 atom stereocenters. The van der Waals surface area contributed by atoms with Crippen LogP contribution in [-0.2, 0) is 9.59 Å². The molecule has 2 amide bonds. The average molecular weight is 354 g/mol. The van der Waals surface area contributed by atoms with Gasteiger partial charge in [-0.05, 0) is 73.2 Å². The summed E-state index contributed by atoms with van der Waals surface area (Å²) in [6, 6.07) is 10.0. The summed E-state index contributed by atoms with van der Waals surface area (Å²) in [7, 11) is 0. The van der Waals surface area contributed by atoms with E-state index in [4.69, 9.17) is 0 Å². The van der Waals surface area contributed by atoms with Crippen LogP contribution in [0.4, 0.5) is 0 Å². The van der Waals surface area contributed by atoms with E-state index in [2.05, 4.69) is 10.9 Å². The predicted molar refractivity (Wildman–Crippen MR) is 101 cm³/mol. The fraction of sp³-hybridized carbons (Fsp3) is 0.636. The Labute approximate surface area is 156 Å².